The van der Waals surface area contributed by atoms with Crippen LogP contribution in [-0.2, 0) is 19.1 Å². The number of likely N-dealkylation sites (tertiary alicyclic amines) is 1. The summed E-state index contributed by atoms with van der Waals surface area (Å²) in [4.78, 5) is 28.2. The number of allylic oxidation sites excluding steroid dienone is 3. The minimum atomic E-state index is -0.661. The van der Waals surface area contributed by atoms with Crippen LogP contribution in [0.25, 0.3) is 0 Å². The van der Waals surface area contributed by atoms with Crippen molar-refractivity contribution >= 4 is 11.6 Å². The van der Waals surface area contributed by atoms with Crippen LogP contribution in [0.1, 0.15) is 19.8 Å². The van der Waals surface area contributed by atoms with Crippen LogP contribution in [0.4, 0.5) is 0 Å². The number of rotatable bonds is 2. The molecule has 0 N–H and O–H groups in total. The molecule has 2 saturated heterocycles. The van der Waals surface area contributed by atoms with Crippen LogP contribution in [0.2, 0.25) is 0 Å². The Hall–Kier alpha value is -1.88. The molecule has 0 amide bonds. The molecular weight excluding hydrogens is 318 g/mol. The smallest absolute Gasteiger partial charge is 0.196 e. The lowest BCUT2D eigenvalue weighted by atomic mass is 9.40. The molecule has 5 heteroatoms. The highest BCUT2D eigenvalue weighted by Gasteiger charge is 2.77. The Bertz CT molecular complexity index is 781. The van der Waals surface area contributed by atoms with Crippen molar-refractivity contribution < 1.29 is 19.1 Å². The van der Waals surface area contributed by atoms with Crippen molar-refractivity contribution in [1.29, 1.82) is 0 Å². The number of Topliss-reactive ketones (excluding diaryl/α,β-unsaturated/α-hetero) is 1. The Morgan fingerprint density at radius 2 is 2.20 bits per heavy atom. The van der Waals surface area contributed by atoms with Gasteiger partial charge in [-0.25, -0.2) is 0 Å². The van der Waals surface area contributed by atoms with Gasteiger partial charge in [0, 0.05) is 17.4 Å². The summed E-state index contributed by atoms with van der Waals surface area (Å²) in [5.41, 5.74) is -1.15. The molecular formula is C20H23NO4. The Morgan fingerprint density at radius 3 is 2.92 bits per heavy atom. The maximum atomic E-state index is 13.1. The summed E-state index contributed by atoms with van der Waals surface area (Å²) in [5.74, 6) is 1.93. The van der Waals surface area contributed by atoms with Crippen molar-refractivity contribution in [1.82, 2.24) is 4.90 Å². The molecule has 5 rings (SSSR count). The maximum absolute atomic E-state index is 13.1. The number of piperidine rings is 1. The monoisotopic (exact) mass is 341 g/mol. The van der Waals surface area contributed by atoms with Gasteiger partial charge < -0.3 is 14.4 Å². The third kappa shape index (κ3) is 1.47. The van der Waals surface area contributed by atoms with Crippen LogP contribution in [0, 0.1) is 22.7 Å². The Morgan fingerprint density at radius 1 is 1.40 bits per heavy atom. The van der Waals surface area contributed by atoms with E-state index in [0.29, 0.717) is 5.76 Å². The van der Waals surface area contributed by atoms with Gasteiger partial charge in [-0.05, 0) is 51.4 Å². The average molecular weight is 341 g/mol. The topological polar surface area (TPSA) is 55.8 Å². The van der Waals surface area contributed by atoms with Crippen molar-refractivity contribution in [2.75, 3.05) is 20.7 Å². The first-order valence-corrected chi connectivity index (χ1v) is 9.04. The summed E-state index contributed by atoms with van der Waals surface area (Å²) >= 11 is 0. The first kappa shape index (κ1) is 15.4. The summed E-state index contributed by atoms with van der Waals surface area (Å²) in [5, 5.41) is 0. The molecule has 1 spiro atoms. The molecule has 3 unspecified atom stereocenters. The molecule has 5 nitrogen and oxygen atoms in total. The first-order valence-electron chi connectivity index (χ1n) is 9.04. The van der Waals surface area contributed by atoms with Gasteiger partial charge in [0.1, 0.15) is 11.5 Å². The van der Waals surface area contributed by atoms with E-state index in [2.05, 4.69) is 18.0 Å². The standard InChI is InChI=1S/C20H23NO4/c1-11(22)19-7-6-13(23)18-20(19)8-9-21(2)15(19)10-12-4-5-14(24-3)17(25-18)16(12)20/h4-7,12,15-16,18H,8-10H2,1-3H3/t12?,15-,16?,18+,19?,20+/m1/s1. The van der Waals surface area contributed by atoms with Gasteiger partial charge in [0.25, 0.3) is 0 Å². The Balaban J connectivity index is 1.84. The molecule has 1 saturated carbocycles. The molecule has 0 aromatic heterocycles. The minimum Gasteiger partial charge on any atom is -0.493 e. The SMILES string of the molecule is COC1=C2O[C@H]3C(=O)C=CC4(C(C)=O)[C@H]5CC(C=C1)C2[C@@]34CCN5C. The Labute approximate surface area is 147 Å². The van der Waals surface area contributed by atoms with Crippen LogP contribution in [0.3, 0.4) is 0 Å². The number of carbonyl (C=O) groups excluding carboxylic acids is 2. The second kappa shape index (κ2) is 4.64. The lowest BCUT2D eigenvalue weighted by Gasteiger charge is -2.65. The van der Waals surface area contributed by atoms with Crippen LogP contribution in [0.15, 0.2) is 35.8 Å². The van der Waals surface area contributed by atoms with Crippen molar-refractivity contribution in [3.05, 3.63) is 35.8 Å². The van der Waals surface area contributed by atoms with Crippen LogP contribution in [0.5, 0.6) is 0 Å². The molecule has 2 aliphatic heterocycles. The van der Waals surface area contributed by atoms with Crippen molar-refractivity contribution in [2.24, 2.45) is 22.7 Å². The summed E-state index contributed by atoms with van der Waals surface area (Å²) in [6.07, 6.45) is 8.78. The van der Waals surface area contributed by atoms with E-state index < -0.39 is 16.9 Å². The van der Waals surface area contributed by atoms with Gasteiger partial charge in [-0.1, -0.05) is 12.2 Å². The van der Waals surface area contributed by atoms with Crippen molar-refractivity contribution in [2.45, 2.75) is 31.9 Å². The third-order valence-corrected chi connectivity index (χ3v) is 7.49. The van der Waals surface area contributed by atoms with Crippen LogP contribution >= 0.6 is 0 Å². The summed E-state index contributed by atoms with van der Waals surface area (Å²) in [6, 6.07) is 0.101. The normalized spacial score (nSPS) is 46.8. The van der Waals surface area contributed by atoms with E-state index in [4.69, 9.17) is 9.47 Å². The van der Waals surface area contributed by atoms with Gasteiger partial charge in [0.15, 0.2) is 17.6 Å². The highest BCUT2D eigenvalue weighted by atomic mass is 16.5. The molecule has 25 heavy (non-hydrogen) atoms. The van der Waals surface area contributed by atoms with E-state index in [1.54, 1.807) is 20.1 Å². The largest absolute Gasteiger partial charge is 0.493 e. The van der Waals surface area contributed by atoms with E-state index in [-0.39, 0.29) is 29.4 Å². The zero-order valence-corrected chi connectivity index (χ0v) is 14.8. The van der Waals surface area contributed by atoms with Gasteiger partial charge in [-0.15, -0.1) is 0 Å². The third-order valence-electron chi connectivity index (χ3n) is 7.49. The summed E-state index contributed by atoms with van der Waals surface area (Å²) in [7, 11) is 3.73. The average Bonchev–Trinajstić information content (AvgIpc) is 2.95. The fraction of sp³-hybridized carbons (Fsp3) is 0.600. The molecule has 0 radical (unpaired) electrons. The summed E-state index contributed by atoms with van der Waals surface area (Å²) in [6.45, 7) is 2.56. The lowest BCUT2D eigenvalue weighted by Crippen LogP contribution is -2.73. The van der Waals surface area contributed by atoms with Crippen LogP contribution in [-0.4, -0.2) is 49.3 Å². The second-order valence-corrected chi connectivity index (χ2v) is 8.11. The molecule has 3 fully saturated rings. The molecule has 5 aliphatic rings. The number of nitrogens with zero attached hydrogens (tertiary/aromatic N) is 1. The number of carbonyl (C=O) groups is 2. The number of hydrogen-bond acceptors (Lipinski definition) is 5. The highest BCUT2D eigenvalue weighted by molar-refractivity contribution is 6.01. The second-order valence-electron chi connectivity index (χ2n) is 8.11. The van der Waals surface area contributed by atoms with E-state index >= 15 is 0 Å². The number of methoxy groups -OCH3 is 1. The van der Waals surface area contributed by atoms with Gasteiger partial charge in [0.2, 0.25) is 0 Å². The predicted molar refractivity (Wildman–Crippen MR) is 90.4 cm³/mol. The number of hydrogen-bond donors (Lipinski definition) is 0. The number of ether oxygens (including phenoxy) is 2. The van der Waals surface area contributed by atoms with Gasteiger partial charge in [-0.3, -0.25) is 9.59 Å². The molecule has 6 atom stereocenters. The maximum Gasteiger partial charge on any atom is 0.196 e. The predicted octanol–water partition coefficient (Wildman–Crippen LogP) is 1.85. The van der Waals surface area contributed by atoms with Gasteiger partial charge in [-0.2, -0.15) is 0 Å². The van der Waals surface area contributed by atoms with Gasteiger partial charge >= 0.3 is 0 Å². The molecule has 132 valence electrons. The Kier molecular flexibility index (Phi) is 2.85. The fourth-order valence-electron chi connectivity index (χ4n) is 6.60. The minimum absolute atomic E-state index is 0.0156. The van der Waals surface area contributed by atoms with Crippen LogP contribution < -0.4 is 0 Å². The molecule has 2 bridgehead atoms. The lowest BCUT2D eigenvalue weighted by molar-refractivity contribution is -0.176. The van der Waals surface area contributed by atoms with Gasteiger partial charge in [0.05, 0.1) is 12.5 Å². The zero-order valence-electron chi connectivity index (χ0n) is 14.8. The highest BCUT2D eigenvalue weighted by Crippen LogP contribution is 2.71. The molecule has 3 aliphatic carbocycles. The first-order chi connectivity index (χ1) is 12.0. The zero-order chi connectivity index (χ0) is 17.6. The van der Waals surface area contributed by atoms with E-state index in [1.807, 2.05) is 12.2 Å². The molecule has 0 aromatic rings. The van der Waals surface area contributed by atoms with E-state index in [1.165, 1.54) is 0 Å². The summed E-state index contributed by atoms with van der Waals surface area (Å²) < 4.78 is 11.8. The van der Waals surface area contributed by atoms with Crippen molar-refractivity contribution in [3.8, 4) is 0 Å². The van der Waals surface area contributed by atoms with Crippen molar-refractivity contribution in [3.63, 3.8) is 0 Å². The molecule has 0 aromatic carbocycles. The quantitative estimate of drug-likeness (QED) is 0.767. The van der Waals surface area contributed by atoms with E-state index in [0.717, 1.165) is 25.1 Å². The number of ketones is 2. The molecule has 2 heterocycles. The fourth-order valence-corrected chi connectivity index (χ4v) is 6.60. The van der Waals surface area contributed by atoms with E-state index in [9.17, 15) is 9.59 Å².